The highest BCUT2D eigenvalue weighted by molar-refractivity contribution is 5.80. The molecule has 0 amide bonds. The maximum Gasteiger partial charge on any atom is 0.269 e. The van der Waals surface area contributed by atoms with Crippen molar-refractivity contribution in [2.75, 3.05) is 20.8 Å². The first kappa shape index (κ1) is 19.5. The van der Waals surface area contributed by atoms with Crippen LogP contribution in [-0.4, -0.2) is 53.1 Å². The third-order valence-corrected chi connectivity index (χ3v) is 3.42. The lowest BCUT2D eigenvalue weighted by atomic mass is 10.2. The summed E-state index contributed by atoms with van der Waals surface area (Å²) in [5, 5.41) is 33.0. The number of nitro groups is 2. The lowest BCUT2D eigenvalue weighted by Crippen LogP contribution is -2.26. The van der Waals surface area contributed by atoms with E-state index in [9.17, 15) is 20.2 Å². The smallest absolute Gasteiger partial charge is 0.269 e. The second kappa shape index (κ2) is 9.04. The summed E-state index contributed by atoms with van der Waals surface area (Å²) >= 11 is 0. The predicted octanol–water partition coefficient (Wildman–Crippen LogP) is 2.69. The standard InChI is InChI=1S/C17H18N6O4/c1-20(18-11-14-3-7-16(8-4-14)22(24)25)13-21(2)19-12-15-5-9-17(10-6-15)23(26)27/h3-12H,13H2,1-2H3/b18-11-,19-12+. The number of non-ortho nitro benzene ring substituents is 2. The molecule has 10 heteroatoms. The van der Waals surface area contributed by atoms with Crippen molar-refractivity contribution in [3.63, 3.8) is 0 Å². The Morgan fingerprint density at radius 3 is 1.41 bits per heavy atom. The summed E-state index contributed by atoms with van der Waals surface area (Å²) in [7, 11) is 3.53. The van der Waals surface area contributed by atoms with Gasteiger partial charge in [-0.05, 0) is 35.4 Å². The fourth-order valence-corrected chi connectivity index (χ4v) is 2.06. The van der Waals surface area contributed by atoms with E-state index in [0.29, 0.717) is 6.67 Å². The molecule has 0 saturated carbocycles. The van der Waals surface area contributed by atoms with E-state index in [4.69, 9.17) is 0 Å². The van der Waals surface area contributed by atoms with Gasteiger partial charge in [0.05, 0.1) is 22.3 Å². The van der Waals surface area contributed by atoms with Gasteiger partial charge in [-0.3, -0.25) is 30.2 Å². The molecule has 0 heterocycles. The van der Waals surface area contributed by atoms with Crippen LogP contribution in [0.15, 0.2) is 58.7 Å². The van der Waals surface area contributed by atoms with Crippen molar-refractivity contribution in [3.05, 3.63) is 79.9 Å². The number of nitro benzene ring substituents is 2. The van der Waals surface area contributed by atoms with Gasteiger partial charge in [-0.1, -0.05) is 0 Å². The van der Waals surface area contributed by atoms with E-state index in [1.807, 2.05) is 0 Å². The minimum Gasteiger partial charge on any atom is -0.279 e. The summed E-state index contributed by atoms with van der Waals surface area (Å²) in [6.45, 7) is 0.396. The van der Waals surface area contributed by atoms with Crippen LogP contribution in [0.5, 0.6) is 0 Å². The molecule has 27 heavy (non-hydrogen) atoms. The Bertz CT molecular complexity index is 777. The van der Waals surface area contributed by atoms with Crippen LogP contribution in [0.25, 0.3) is 0 Å². The minimum atomic E-state index is -0.453. The van der Waals surface area contributed by atoms with Gasteiger partial charge in [-0.2, -0.15) is 10.2 Å². The molecule has 0 N–H and O–H groups in total. The van der Waals surface area contributed by atoms with Crippen LogP contribution in [-0.2, 0) is 0 Å². The van der Waals surface area contributed by atoms with Crippen molar-refractivity contribution in [1.29, 1.82) is 0 Å². The first-order chi connectivity index (χ1) is 12.8. The molecule has 0 radical (unpaired) electrons. The van der Waals surface area contributed by atoms with E-state index in [1.54, 1.807) is 60.8 Å². The number of nitrogens with zero attached hydrogens (tertiary/aromatic N) is 6. The molecule has 140 valence electrons. The van der Waals surface area contributed by atoms with Gasteiger partial charge in [0, 0.05) is 38.4 Å². The van der Waals surface area contributed by atoms with Gasteiger partial charge in [0.15, 0.2) is 0 Å². The largest absolute Gasteiger partial charge is 0.279 e. The predicted molar refractivity (Wildman–Crippen MR) is 102 cm³/mol. The Balaban J connectivity index is 1.87. The van der Waals surface area contributed by atoms with E-state index < -0.39 is 9.85 Å². The molecule has 0 fully saturated rings. The van der Waals surface area contributed by atoms with Gasteiger partial charge >= 0.3 is 0 Å². The van der Waals surface area contributed by atoms with Gasteiger partial charge in [0.2, 0.25) is 0 Å². The topological polar surface area (TPSA) is 117 Å². The summed E-state index contributed by atoms with van der Waals surface area (Å²) in [4.78, 5) is 20.3. The minimum absolute atomic E-state index is 0.0285. The maximum absolute atomic E-state index is 10.6. The third-order valence-electron chi connectivity index (χ3n) is 3.42. The van der Waals surface area contributed by atoms with Crippen molar-refractivity contribution < 1.29 is 9.85 Å². The molecule has 0 bridgehead atoms. The maximum atomic E-state index is 10.6. The lowest BCUT2D eigenvalue weighted by molar-refractivity contribution is -0.385. The molecular formula is C17H18N6O4. The molecule has 10 nitrogen and oxygen atoms in total. The highest BCUT2D eigenvalue weighted by Crippen LogP contribution is 2.11. The zero-order valence-electron chi connectivity index (χ0n) is 14.8. The Hall–Kier alpha value is -3.82. The van der Waals surface area contributed by atoms with Crippen LogP contribution in [0.1, 0.15) is 11.1 Å². The number of hydrogen-bond donors (Lipinski definition) is 0. The van der Waals surface area contributed by atoms with Crippen LogP contribution in [0.4, 0.5) is 11.4 Å². The number of hydrazone groups is 2. The molecular weight excluding hydrogens is 352 g/mol. The van der Waals surface area contributed by atoms with Crippen molar-refractivity contribution in [2.45, 2.75) is 0 Å². The molecule has 0 aromatic heterocycles. The molecule has 2 rings (SSSR count). The van der Waals surface area contributed by atoms with E-state index in [0.717, 1.165) is 11.1 Å². The molecule has 2 aromatic rings. The van der Waals surface area contributed by atoms with E-state index in [-0.39, 0.29) is 11.4 Å². The van der Waals surface area contributed by atoms with Gasteiger partial charge in [-0.15, -0.1) is 0 Å². The van der Waals surface area contributed by atoms with Crippen LogP contribution in [0.3, 0.4) is 0 Å². The molecule has 0 spiro atoms. The van der Waals surface area contributed by atoms with Crippen molar-refractivity contribution in [1.82, 2.24) is 10.0 Å². The lowest BCUT2D eigenvalue weighted by Gasteiger charge is -2.19. The average Bonchev–Trinajstić information content (AvgIpc) is 2.65. The third kappa shape index (κ3) is 6.20. The zero-order chi connectivity index (χ0) is 19.8. The quantitative estimate of drug-likeness (QED) is 0.305. The second-order valence-corrected chi connectivity index (χ2v) is 5.64. The number of hydrogen-bond acceptors (Lipinski definition) is 8. The molecule has 0 atom stereocenters. The van der Waals surface area contributed by atoms with Crippen LogP contribution >= 0.6 is 0 Å². The first-order valence-corrected chi connectivity index (χ1v) is 7.84. The normalized spacial score (nSPS) is 11.0. The Kier molecular flexibility index (Phi) is 6.53. The Morgan fingerprint density at radius 1 is 0.778 bits per heavy atom. The fraction of sp³-hybridized carbons (Fsp3) is 0.176. The monoisotopic (exact) mass is 370 g/mol. The zero-order valence-corrected chi connectivity index (χ0v) is 14.8. The van der Waals surface area contributed by atoms with Gasteiger partial charge < -0.3 is 0 Å². The summed E-state index contributed by atoms with van der Waals surface area (Å²) in [5.41, 5.74) is 1.54. The Labute approximate surface area is 155 Å². The highest BCUT2D eigenvalue weighted by atomic mass is 16.6. The molecule has 2 aromatic carbocycles. The van der Waals surface area contributed by atoms with Crippen molar-refractivity contribution >= 4 is 23.8 Å². The summed E-state index contributed by atoms with van der Waals surface area (Å²) < 4.78 is 0. The van der Waals surface area contributed by atoms with Crippen molar-refractivity contribution in [2.24, 2.45) is 10.2 Å². The van der Waals surface area contributed by atoms with Crippen LogP contribution < -0.4 is 0 Å². The van der Waals surface area contributed by atoms with E-state index in [2.05, 4.69) is 10.2 Å². The summed E-state index contributed by atoms with van der Waals surface area (Å²) in [6, 6.07) is 12.1. The van der Waals surface area contributed by atoms with E-state index >= 15 is 0 Å². The fourth-order valence-electron chi connectivity index (χ4n) is 2.06. The SMILES string of the molecule is CN(CN(C)/N=C/c1ccc([N+](=O)[O-])cc1)/N=C\c1ccc([N+](=O)[O-])cc1. The molecule has 0 saturated heterocycles. The van der Waals surface area contributed by atoms with Gasteiger partial charge in [-0.25, -0.2) is 0 Å². The van der Waals surface area contributed by atoms with Crippen molar-refractivity contribution in [3.8, 4) is 0 Å². The highest BCUT2D eigenvalue weighted by Gasteiger charge is 2.04. The van der Waals surface area contributed by atoms with E-state index in [1.165, 1.54) is 24.3 Å². The Morgan fingerprint density at radius 2 is 1.11 bits per heavy atom. The average molecular weight is 370 g/mol. The van der Waals surface area contributed by atoms with Crippen LogP contribution in [0, 0.1) is 20.2 Å². The summed E-state index contributed by atoms with van der Waals surface area (Å²) in [6.07, 6.45) is 3.19. The second-order valence-electron chi connectivity index (χ2n) is 5.64. The number of rotatable bonds is 8. The van der Waals surface area contributed by atoms with Gasteiger partial charge in [0.1, 0.15) is 6.67 Å². The number of benzene rings is 2. The molecule has 0 aliphatic rings. The molecule has 0 unspecified atom stereocenters. The van der Waals surface area contributed by atoms with Crippen LogP contribution in [0.2, 0.25) is 0 Å². The first-order valence-electron chi connectivity index (χ1n) is 7.84. The van der Waals surface area contributed by atoms with Gasteiger partial charge in [0.25, 0.3) is 11.4 Å². The molecule has 0 aliphatic heterocycles. The summed E-state index contributed by atoms with van der Waals surface area (Å²) in [5.74, 6) is 0. The molecule has 0 aliphatic carbocycles.